The highest BCUT2D eigenvalue weighted by Crippen LogP contribution is 2.32. The fraction of sp³-hybridized carbons (Fsp3) is 0. The molecule has 0 radical (unpaired) electrons. The molecule has 3 rings (SSSR count). The third-order valence-electron chi connectivity index (χ3n) is 3.45. The second-order valence-electron chi connectivity index (χ2n) is 4.80. The Labute approximate surface area is 121 Å². The highest BCUT2D eigenvalue weighted by atomic mass is 14.8. The molecule has 104 valence electrons. The molecule has 0 spiro atoms. The molecule has 2 aromatic carbocycles. The predicted molar refractivity (Wildman–Crippen MR) is 85.8 cm³/mol. The molecular weight excluding hydrogens is 262 g/mol. The number of nitrogen functional groups attached to an aromatic ring is 2. The largest absolute Gasteiger partial charge is 0.384 e. The Bertz CT molecular complexity index is 846. The van der Waals surface area contributed by atoms with Crippen molar-refractivity contribution in [2.75, 3.05) is 0 Å². The molecule has 0 unspecified atom stereocenters. The van der Waals surface area contributed by atoms with E-state index in [2.05, 4.69) is 4.98 Å². The van der Waals surface area contributed by atoms with Gasteiger partial charge in [0.25, 0.3) is 0 Å². The standard InChI is InChI=1S/C16H15N5/c17-15(18)10-7-4-8-11-12(10)13(16(19)20)14(21-11)9-5-2-1-3-6-9/h1-8,21H,(H3,17,18)(H3,19,20). The number of nitrogens with two attached hydrogens (primary N) is 2. The normalized spacial score (nSPS) is 10.7. The predicted octanol–water partition coefficient (Wildman–Crippen LogP) is 2.40. The third kappa shape index (κ3) is 2.04. The van der Waals surface area contributed by atoms with E-state index in [1.165, 1.54) is 0 Å². The quantitative estimate of drug-likeness (QED) is 0.373. The Kier molecular flexibility index (Phi) is 2.95. The molecule has 0 aliphatic heterocycles. The van der Waals surface area contributed by atoms with Crippen molar-refractivity contribution in [3.05, 3.63) is 59.7 Å². The summed E-state index contributed by atoms with van der Waals surface area (Å²) >= 11 is 0. The van der Waals surface area contributed by atoms with Crippen LogP contribution in [0.5, 0.6) is 0 Å². The number of aromatic amines is 1. The monoisotopic (exact) mass is 277 g/mol. The van der Waals surface area contributed by atoms with E-state index in [1.807, 2.05) is 42.5 Å². The first-order chi connectivity index (χ1) is 10.1. The molecule has 21 heavy (non-hydrogen) atoms. The Morgan fingerprint density at radius 2 is 1.57 bits per heavy atom. The molecule has 5 heteroatoms. The molecule has 0 aliphatic carbocycles. The van der Waals surface area contributed by atoms with Gasteiger partial charge in [-0.15, -0.1) is 0 Å². The van der Waals surface area contributed by atoms with Gasteiger partial charge in [-0.25, -0.2) is 0 Å². The van der Waals surface area contributed by atoms with Crippen molar-refractivity contribution in [1.29, 1.82) is 10.8 Å². The van der Waals surface area contributed by atoms with Crippen molar-refractivity contribution in [3.8, 4) is 11.3 Å². The summed E-state index contributed by atoms with van der Waals surface area (Å²) in [4.78, 5) is 3.28. The van der Waals surface area contributed by atoms with E-state index in [0.29, 0.717) is 11.1 Å². The maximum absolute atomic E-state index is 7.91. The Balaban J connectivity index is 2.42. The first kappa shape index (κ1) is 12.9. The van der Waals surface area contributed by atoms with Gasteiger partial charge in [0.05, 0.1) is 11.3 Å². The molecule has 5 nitrogen and oxygen atoms in total. The van der Waals surface area contributed by atoms with Gasteiger partial charge in [-0.1, -0.05) is 42.5 Å². The summed E-state index contributed by atoms with van der Waals surface area (Å²) in [5.41, 5.74) is 15.1. The van der Waals surface area contributed by atoms with Crippen LogP contribution in [0.1, 0.15) is 11.1 Å². The van der Waals surface area contributed by atoms with Gasteiger partial charge in [-0.2, -0.15) is 0 Å². The van der Waals surface area contributed by atoms with Gasteiger partial charge >= 0.3 is 0 Å². The SMILES string of the molecule is N=C(N)c1cccc2[nH]c(-c3ccccc3)c(C(=N)N)c12. The van der Waals surface area contributed by atoms with Crippen molar-refractivity contribution in [1.82, 2.24) is 4.98 Å². The fourth-order valence-electron chi connectivity index (χ4n) is 2.56. The van der Waals surface area contributed by atoms with Crippen LogP contribution < -0.4 is 11.5 Å². The van der Waals surface area contributed by atoms with Gasteiger partial charge in [0, 0.05) is 16.5 Å². The second-order valence-corrected chi connectivity index (χ2v) is 4.80. The van der Waals surface area contributed by atoms with Crippen molar-refractivity contribution in [2.45, 2.75) is 0 Å². The highest BCUT2D eigenvalue weighted by Gasteiger charge is 2.18. The minimum Gasteiger partial charge on any atom is -0.384 e. The van der Waals surface area contributed by atoms with Gasteiger partial charge in [0.2, 0.25) is 0 Å². The number of amidine groups is 2. The maximum Gasteiger partial charge on any atom is 0.125 e. The van der Waals surface area contributed by atoms with Gasteiger partial charge in [0.1, 0.15) is 11.7 Å². The lowest BCUT2D eigenvalue weighted by molar-refractivity contribution is 1.40. The van der Waals surface area contributed by atoms with Crippen LogP contribution in [0.25, 0.3) is 22.2 Å². The lowest BCUT2D eigenvalue weighted by atomic mass is 10.0. The van der Waals surface area contributed by atoms with Crippen LogP contribution in [0.4, 0.5) is 0 Å². The summed E-state index contributed by atoms with van der Waals surface area (Å²) in [6, 6.07) is 15.2. The fourth-order valence-corrected chi connectivity index (χ4v) is 2.56. The third-order valence-corrected chi connectivity index (χ3v) is 3.45. The summed E-state index contributed by atoms with van der Waals surface area (Å²) in [5.74, 6) is -0.0875. The Hall–Kier alpha value is -3.08. The number of H-pyrrole nitrogens is 1. The van der Waals surface area contributed by atoms with Crippen LogP contribution in [-0.2, 0) is 0 Å². The molecule has 7 N–H and O–H groups in total. The Morgan fingerprint density at radius 3 is 2.19 bits per heavy atom. The molecule has 0 atom stereocenters. The molecule has 1 heterocycles. The smallest absolute Gasteiger partial charge is 0.125 e. The van der Waals surface area contributed by atoms with Crippen molar-refractivity contribution in [2.24, 2.45) is 11.5 Å². The first-order valence-corrected chi connectivity index (χ1v) is 6.48. The molecule has 0 fully saturated rings. The topological polar surface area (TPSA) is 116 Å². The molecule has 0 amide bonds. The van der Waals surface area contributed by atoms with Gasteiger partial charge in [-0.05, 0) is 11.6 Å². The van der Waals surface area contributed by atoms with E-state index in [0.717, 1.165) is 22.2 Å². The van der Waals surface area contributed by atoms with Crippen molar-refractivity contribution in [3.63, 3.8) is 0 Å². The number of rotatable bonds is 3. The average Bonchev–Trinajstić information content (AvgIpc) is 2.87. The van der Waals surface area contributed by atoms with E-state index in [1.54, 1.807) is 6.07 Å². The lowest BCUT2D eigenvalue weighted by Crippen LogP contribution is -2.15. The summed E-state index contributed by atoms with van der Waals surface area (Å²) in [5, 5.41) is 16.3. The van der Waals surface area contributed by atoms with E-state index in [4.69, 9.17) is 22.3 Å². The number of hydrogen-bond acceptors (Lipinski definition) is 2. The zero-order valence-electron chi connectivity index (χ0n) is 11.3. The molecule has 0 aliphatic rings. The zero-order valence-corrected chi connectivity index (χ0v) is 11.3. The second kappa shape index (κ2) is 4.79. The number of benzene rings is 2. The van der Waals surface area contributed by atoms with Crippen LogP contribution in [-0.4, -0.2) is 16.7 Å². The van der Waals surface area contributed by atoms with E-state index < -0.39 is 0 Å². The van der Waals surface area contributed by atoms with Crippen LogP contribution in [0.15, 0.2) is 48.5 Å². The average molecular weight is 277 g/mol. The number of fused-ring (bicyclic) bond motifs is 1. The summed E-state index contributed by atoms with van der Waals surface area (Å²) in [7, 11) is 0. The minimum absolute atomic E-state index is 0.0401. The van der Waals surface area contributed by atoms with Crippen LogP contribution in [0.2, 0.25) is 0 Å². The van der Waals surface area contributed by atoms with Crippen LogP contribution in [0.3, 0.4) is 0 Å². The van der Waals surface area contributed by atoms with Gasteiger partial charge in [-0.3, -0.25) is 10.8 Å². The van der Waals surface area contributed by atoms with Crippen LogP contribution in [0, 0.1) is 10.8 Å². The molecule has 0 bridgehead atoms. The van der Waals surface area contributed by atoms with Crippen molar-refractivity contribution < 1.29 is 0 Å². The first-order valence-electron chi connectivity index (χ1n) is 6.48. The highest BCUT2D eigenvalue weighted by molar-refractivity contribution is 6.19. The van der Waals surface area contributed by atoms with Gasteiger partial charge in [0.15, 0.2) is 0 Å². The summed E-state index contributed by atoms with van der Waals surface area (Å²) in [6.45, 7) is 0. The minimum atomic E-state index is -0.0474. The van der Waals surface area contributed by atoms with Gasteiger partial charge < -0.3 is 16.5 Å². The lowest BCUT2D eigenvalue weighted by Gasteiger charge is -2.05. The van der Waals surface area contributed by atoms with E-state index in [9.17, 15) is 0 Å². The summed E-state index contributed by atoms with van der Waals surface area (Å²) < 4.78 is 0. The molecule has 3 aromatic rings. The van der Waals surface area contributed by atoms with Crippen LogP contribution >= 0.6 is 0 Å². The van der Waals surface area contributed by atoms with E-state index in [-0.39, 0.29) is 11.7 Å². The number of nitrogens with one attached hydrogen (secondary N) is 3. The Morgan fingerprint density at radius 1 is 0.857 bits per heavy atom. The van der Waals surface area contributed by atoms with Crippen molar-refractivity contribution >= 4 is 22.6 Å². The molecule has 0 saturated carbocycles. The molecule has 1 aromatic heterocycles. The maximum atomic E-state index is 7.91. The zero-order chi connectivity index (χ0) is 15.0. The molecule has 0 saturated heterocycles. The number of hydrogen-bond donors (Lipinski definition) is 5. The molecular formula is C16H15N5. The van der Waals surface area contributed by atoms with E-state index >= 15 is 0 Å². The number of aromatic nitrogens is 1. The summed E-state index contributed by atoms with van der Waals surface area (Å²) in [6.07, 6.45) is 0.